The van der Waals surface area contributed by atoms with E-state index in [0.717, 1.165) is 30.6 Å². The third-order valence-corrected chi connectivity index (χ3v) is 5.50. The van der Waals surface area contributed by atoms with Gasteiger partial charge in [-0.05, 0) is 42.7 Å². The third kappa shape index (κ3) is 3.93. The Morgan fingerprint density at radius 3 is 2.81 bits per heavy atom. The van der Waals surface area contributed by atoms with Gasteiger partial charge in [-0.1, -0.05) is 12.1 Å². The maximum atomic E-state index is 12.3. The fraction of sp³-hybridized carbons (Fsp3) is 0.250. The molecule has 1 N–H and O–H groups in total. The molecule has 0 radical (unpaired) electrons. The highest BCUT2D eigenvalue weighted by Gasteiger charge is 2.19. The Bertz CT molecular complexity index is 932. The van der Waals surface area contributed by atoms with E-state index in [-0.39, 0.29) is 11.8 Å². The quantitative estimate of drug-likeness (QED) is 0.728. The molecule has 0 aliphatic carbocycles. The van der Waals surface area contributed by atoms with E-state index in [4.69, 9.17) is 4.42 Å². The Balaban J connectivity index is 1.36. The van der Waals surface area contributed by atoms with Crippen LogP contribution >= 0.6 is 11.3 Å². The van der Waals surface area contributed by atoms with Gasteiger partial charge in [0.15, 0.2) is 10.8 Å². The lowest BCUT2D eigenvalue weighted by Gasteiger charge is -2.26. The predicted octanol–water partition coefficient (Wildman–Crippen LogP) is 3.85. The maximum Gasteiger partial charge on any atom is 0.263 e. The van der Waals surface area contributed by atoms with Crippen LogP contribution in [0.4, 0.5) is 5.69 Å². The summed E-state index contributed by atoms with van der Waals surface area (Å²) in [4.78, 5) is 30.9. The Hall–Kier alpha value is -2.93. The minimum Gasteiger partial charge on any atom is -0.462 e. The van der Waals surface area contributed by atoms with Gasteiger partial charge in [0.2, 0.25) is 5.91 Å². The summed E-state index contributed by atoms with van der Waals surface area (Å²) in [7, 11) is 0. The molecular weight excluding hydrogens is 362 g/mol. The van der Waals surface area contributed by atoms with E-state index < -0.39 is 0 Å². The number of nitrogens with zero attached hydrogens (tertiary/aromatic N) is 2. The molecule has 1 aliphatic rings. The van der Waals surface area contributed by atoms with E-state index in [9.17, 15) is 9.59 Å². The zero-order valence-electron chi connectivity index (χ0n) is 14.7. The van der Waals surface area contributed by atoms with Gasteiger partial charge >= 0.3 is 0 Å². The normalized spacial score (nSPS) is 14.4. The number of hydrogen-bond acceptors (Lipinski definition) is 5. The van der Waals surface area contributed by atoms with E-state index in [2.05, 4.69) is 10.3 Å². The minimum absolute atomic E-state index is 0.166. The highest BCUT2D eigenvalue weighted by molar-refractivity contribution is 7.16. The van der Waals surface area contributed by atoms with Gasteiger partial charge in [0.1, 0.15) is 4.88 Å². The lowest BCUT2D eigenvalue weighted by molar-refractivity contribution is -0.119. The number of thiazole rings is 1. The fourth-order valence-electron chi connectivity index (χ4n) is 3.04. The number of nitrogens with one attached hydrogen (secondary N) is 1. The van der Waals surface area contributed by atoms with Gasteiger partial charge in [0, 0.05) is 25.2 Å². The molecule has 27 heavy (non-hydrogen) atoms. The Kier molecular flexibility index (Phi) is 5.02. The second kappa shape index (κ2) is 7.75. The molecule has 0 saturated carbocycles. The van der Waals surface area contributed by atoms with Gasteiger partial charge < -0.3 is 14.6 Å². The summed E-state index contributed by atoms with van der Waals surface area (Å²) in [6.45, 7) is 1.19. The second-order valence-corrected chi connectivity index (χ2v) is 7.39. The van der Waals surface area contributed by atoms with E-state index >= 15 is 0 Å². The summed E-state index contributed by atoms with van der Waals surface area (Å²) in [5.41, 5.74) is 1.90. The summed E-state index contributed by atoms with van der Waals surface area (Å²) >= 11 is 1.29. The zero-order chi connectivity index (χ0) is 18.6. The average molecular weight is 381 g/mol. The van der Waals surface area contributed by atoms with Crippen molar-refractivity contribution < 1.29 is 14.0 Å². The van der Waals surface area contributed by atoms with Crippen molar-refractivity contribution in [2.75, 3.05) is 11.4 Å². The summed E-state index contributed by atoms with van der Waals surface area (Å²) < 4.78 is 5.30. The van der Waals surface area contributed by atoms with Crippen LogP contribution in [0.25, 0.3) is 10.8 Å². The molecule has 0 bridgehead atoms. The molecule has 2 aromatic heterocycles. The van der Waals surface area contributed by atoms with Crippen molar-refractivity contribution in [2.45, 2.75) is 25.8 Å². The molecule has 1 saturated heterocycles. The summed E-state index contributed by atoms with van der Waals surface area (Å²) in [6.07, 6.45) is 5.77. The first-order chi connectivity index (χ1) is 13.2. The Morgan fingerprint density at radius 1 is 1.22 bits per heavy atom. The molecule has 6 nitrogen and oxygen atoms in total. The van der Waals surface area contributed by atoms with Crippen molar-refractivity contribution in [1.82, 2.24) is 10.3 Å². The number of anilines is 1. The first kappa shape index (κ1) is 17.5. The zero-order valence-corrected chi connectivity index (χ0v) is 15.5. The van der Waals surface area contributed by atoms with Gasteiger partial charge in [0.25, 0.3) is 5.91 Å². The minimum atomic E-state index is -0.166. The third-order valence-electron chi connectivity index (χ3n) is 4.49. The van der Waals surface area contributed by atoms with Crippen molar-refractivity contribution in [2.24, 2.45) is 0 Å². The standard InChI is InChI=1S/C20H19N3O3S/c24-18-5-1-2-10-23(18)15-8-6-14(7-9-15)12-21-19(25)17-13-22-20(27-17)16-4-3-11-26-16/h3-4,6-9,11,13H,1-2,5,10,12H2,(H,21,25). The van der Waals surface area contributed by atoms with Gasteiger partial charge in [-0.25, -0.2) is 4.98 Å². The lowest BCUT2D eigenvalue weighted by atomic mass is 10.1. The number of aromatic nitrogens is 1. The topological polar surface area (TPSA) is 75.4 Å². The number of hydrogen-bond donors (Lipinski definition) is 1. The molecule has 2 amide bonds. The molecule has 0 spiro atoms. The number of carbonyl (C=O) groups excluding carboxylic acids is 2. The molecule has 0 unspecified atom stereocenters. The van der Waals surface area contributed by atoms with Crippen LogP contribution in [-0.2, 0) is 11.3 Å². The summed E-state index contributed by atoms with van der Waals surface area (Å²) in [5.74, 6) is 0.669. The van der Waals surface area contributed by atoms with E-state index in [1.165, 1.54) is 11.3 Å². The molecule has 3 heterocycles. The molecule has 3 aromatic rings. The number of furan rings is 1. The number of piperidine rings is 1. The van der Waals surface area contributed by atoms with E-state index in [1.807, 2.05) is 35.2 Å². The van der Waals surface area contributed by atoms with Crippen LogP contribution in [-0.4, -0.2) is 23.3 Å². The van der Waals surface area contributed by atoms with Crippen molar-refractivity contribution in [3.05, 3.63) is 59.3 Å². The van der Waals surface area contributed by atoms with Crippen LogP contribution in [0.2, 0.25) is 0 Å². The fourth-order valence-corrected chi connectivity index (χ4v) is 3.84. The summed E-state index contributed by atoms with van der Waals surface area (Å²) in [6, 6.07) is 11.4. The molecule has 1 fully saturated rings. The number of rotatable bonds is 5. The molecule has 1 aromatic carbocycles. The van der Waals surface area contributed by atoms with Gasteiger partial charge in [0.05, 0.1) is 12.5 Å². The molecule has 7 heteroatoms. The Morgan fingerprint density at radius 2 is 2.07 bits per heavy atom. The number of benzene rings is 1. The second-order valence-electron chi connectivity index (χ2n) is 6.36. The van der Waals surface area contributed by atoms with Gasteiger partial charge in [-0.2, -0.15) is 0 Å². The maximum absolute atomic E-state index is 12.3. The van der Waals surface area contributed by atoms with Crippen molar-refractivity contribution >= 4 is 28.8 Å². The molecule has 4 rings (SSSR count). The van der Waals surface area contributed by atoms with Crippen molar-refractivity contribution in [1.29, 1.82) is 0 Å². The number of amides is 2. The predicted molar refractivity (Wildman–Crippen MR) is 104 cm³/mol. The monoisotopic (exact) mass is 381 g/mol. The van der Waals surface area contributed by atoms with Crippen LogP contribution in [0, 0.1) is 0 Å². The molecule has 0 atom stereocenters. The van der Waals surface area contributed by atoms with Crippen LogP contribution in [0.15, 0.2) is 53.3 Å². The summed E-state index contributed by atoms with van der Waals surface area (Å²) in [5, 5.41) is 3.58. The van der Waals surface area contributed by atoms with Crippen molar-refractivity contribution in [3.63, 3.8) is 0 Å². The van der Waals surface area contributed by atoms with Crippen LogP contribution in [0.3, 0.4) is 0 Å². The van der Waals surface area contributed by atoms with Gasteiger partial charge in [-0.3, -0.25) is 9.59 Å². The molecule has 1 aliphatic heterocycles. The van der Waals surface area contributed by atoms with E-state index in [0.29, 0.717) is 28.6 Å². The van der Waals surface area contributed by atoms with E-state index in [1.54, 1.807) is 18.5 Å². The smallest absolute Gasteiger partial charge is 0.263 e. The largest absolute Gasteiger partial charge is 0.462 e. The highest BCUT2D eigenvalue weighted by Crippen LogP contribution is 2.25. The van der Waals surface area contributed by atoms with Crippen LogP contribution in [0.1, 0.15) is 34.5 Å². The SMILES string of the molecule is O=C(NCc1ccc(N2CCCCC2=O)cc1)c1cnc(-c2ccco2)s1. The number of carbonyl (C=O) groups is 2. The Labute approximate surface area is 160 Å². The molecular formula is C20H19N3O3S. The van der Waals surface area contributed by atoms with Crippen molar-refractivity contribution in [3.8, 4) is 10.8 Å². The van der Waals surface area contributed by atoms with Crippen LogP contribution in [0.5, 0.6) is 0 Å². The highest BCUT2D eigenvalue weighted by atomic mass is 32.1. The first-order valence-electron chi connectivity index (χ1n) is 8.88. The lowest BCUT2D eigenvalue weighted by Crippen LogP contribution is -2.35. The average Bonchev–Trinajstić information content (AvgIpc) is 3.38. The molecule has 138 valence electrons. The van der Waals surface area contributed by atoms with Gasteiger partial charge in [-0.15, -0.1) is 11.3 Å². The van der Waals surface area contributed by atoms with Crippen LogP contribution < -0.4 is 10.2 Å². The first-order valence-corrected chi connectivity index (χ1v) is 9.69.